The summed E-state index contributed by atoms with van der Waals surface area (Å²) in [6.45, 7) is 6.07. The number of amides is 1. The Morgan fingerprint density at radius 1 is 0.881 bits per heavy atom. The van der Waals surface area contributed by atoms with Gasteiger partial charge in [0.1, 0.15) is 5.75 Å². The lowest BCUT2D eigenvalue weighted by molar-refractivity contribution is 0.0338. The number of nitrogens with one attached hydrogen (secondary N) is 1. The average molecular weight is 633 g/mol. The summed E-state index contributed by atoms with van der Waals surface area (Å²) in [5.74, 6) is 0.190. The Kier molecular flexibility index (Phi) is 12.1. The number of anilines is 1. The molecule has 0 atom stereocenters. The molecule has 11 heteroatoms. The van der Waals surface area contributed by atoms with Crippen LogP contribution in [0.2, 0.25) is 0 Å². The van der Waals surface area contributed by atoms with Gasteiger partial charge in [-0.3, -0.25) is 9.69 Å². The van der Waals surface area contributed by atoms with Crippen LogP contribution in [-0.4, -0.2) is 70.2 Å². The lowest BCUT2D eigenvalue weighted by Gasteiger charge is -2.27. The third-order valence-electron chi connectivity index (χ3n) is 7.56. The number of rotatable bonds is 6. The van der Waals surface area contributed by atoms with Gasteiger partial charge >= 0.3 is 0 Å². The second kappa shape index (κ2) is 15.3. The van der Waals surface area contributed by atoms with Crippen LogP contribution >= 0.6 is 37.2 Å². The number of morpholine rings is 1. The summed E-state index contributed by atoms with van der Waals surface area (Å²) in [7, 11) is 0. The van der Waals surface area contributed by atoms with E-state index in [1.54, 1.807) is 18.5 Å². The maximum atomic E-state index is 13.9. The van der Waals surface area contributed by atoms with Gasteiger partial charge < -0.3 is 24.6 Å². The van der Waals surface area contributed by atoms with Crippen LogP contribution in [0, 0.1) is 0 Å². The highest BCUT2D eigenvalue weighted by Crippen LogP contribution is 2.32. The molecule has 0 bridgehead atoms. The van der Waals surface area contributed by atoms with Gasteiger partial charge in [0.05, 0.1) is 31.8 Å². The number of carbonyl (C=O) groups is 1. The van der Waals surface area contributed by atoms with E-state index in [0.29, 0.717) is 51.5 Å². The quantitative estimate of drug-likeness (QED) is 0.290. The Balaban J connectivity index is 0.00000161. The summed E-state index contributed by atoms with van der Waals surface area (Å²) in [6.07, 6.45) is 3.54. The van der Waals surface area contributed by atoms with Crippen LogP contribution in [0.3, 0.4) is 0 Å². The molecule has 224 valence electrons. The van der Waals surface area contributed by atoms with E-state index in [2.05, 4.69) is 50.1 Å². The van der Waals surface area contributed by atoms with Crippen LogP contribution in [0.4, 0.5) is 5.69 Å². The number of phenols is 1. The van der Waals surface area contributed by atoms with Gasteiger partial charge in [-0.05, 0) is 47.0 Å². The molecule has 3 aromatic carbocycles. The molecule has 8 nitrogen and oxygen atoms in total. The van der Waals surface area contributed by atoms with Crippen LogP contribution in [-0.2, 0) is 24.4 Å². The molecule has 2 N–H and O–H groups in total. The van der Waals surface area contributed by atoms with Gasteiger partial charge in [-0.2, -0.15) is 0 Å². The Hall–Kier alpha value is -3.27. The molecular weight excluding hydrogens is 597 g/mol. The van der Waals surface area contributed by atoms with Gasteiger partial charge in [0.2, 0.25) is 0 Å². The second-order valence-electron chi connectivity index (χ2n) is 10.2. The van der Waals surface area contributed by atoms with Crippen molar-refractivity contribution < 1.29 is 14.6 Å². The van der Waals surface area contributed by atoms with Crippen LogP contribution < -0.4 is 4.90 Å². The van der Waals surface area contributed by atoms with Gasteiger partial charge in [0.25, 0.3) is 5.91 Å². The van der Waals surface area contributed by atoms with Crippen molar-refractivity contribution in [1.82, 2.24) is 19.8 Å². The molecule has 2 aliphatic heterocycles. The lowest BCUT2D eigenvalue weighted by atomic mass is 10.0. The molecule has 0 radical (unpaired) electrons. The van der Waals surface area contributed by atoms with Crippen molar-refractivity contribution in [3.63, 3.8) is 0 Å². The number of imidazole rings is 1. The van der Waals surface area contributed by atoms with Crippen molar-refractivity contribution in [3.8, 4) is 16.9 Å². The molecule has 1 fully saturated rings. The molecule has 1 aromatic heterocycles. The van der Waals surface area contributed by atoms with Crippen LogP contribution in [0.25, 0.3) is 11.1 Å². The largest absolute Gasteiger partial charge is 0.508 e. The molecule has 4 aromatic rings. The van der Waals surface area contributed by atoms with E-state index in [9.17, 15) is 9.90 Å². The van der Waals surface area contributed by atoms with Gasteiger partial charge in [0.15, 0.2) is 0 Å². The normalized spacial score (nSPS) is 15.0. The molecular formula is C31H36Cl3N5O3. The number of aromatic amines is 1. The third-order valence-corrected chi connectivity index (χ3v) is 7.56. The fourth-order valence-electron chi connectivity index (χ4n) is 5.42. The Morgan fingerprint density at radius 3 is 2.40 bits per heavy atom. The SMILES string of the molecule is Cl.Cl.Cl.O=C(c1ccc(O)c(CN2CCOCC2)c1)N1CCN(Cc2cnc[nH]2)c2ccc(-c3ccccc3)cc2C1. The van der Waals surface area contributed by atoms with E-state index in [4.69, 9.17) is 4.74 Å². The number of hydrogen-bond acceptors (Lipinski definition) is 6. The topological polar surface area (TPSA) is 84.9 Å². The smallest absolute Gasteiger partial charge is 0.254 e. The highest BCUT2D eigenvalue weighted by atomic mass is 35.5. The minimum atomic E-state index is -0.0299. The summed E-state index contributed by atoms with van der Waals surface area (Å²) in [5, 5.41) is 10.5. The van der Waals surface area contributed by atoms with E-state index in [1.165, 1.54) is 0 Å². The monoisotopic (exact) mass is 631 g/mol. The number of H-pyrrole nitrogens is 1. The predicted molar refractivity (Wildman–Crippen MR) is 172 cm³/mol. The molecule has 0 spiro atoms. The summed E-state index contributed by atoms with van der Waals surface area (Å²) in [4.78, 5) is 27.7. The summed E-state index contributed by atoms with van der Waals surface area (Å²) < 4.78 is 5.45. The number of phenolic OH excluding ortho intramolecular Hbond substituents is 1. The van der Waals surface area contributed by atoms with Crippen molar-refractivity contribution >= 4 is 48.8 Å². The Bertz CT molecular complexity index is 1430. The molecule has 3 heterocycles. The maximum absolute atomic E-state index is 13.9. The number of fused-ring (bicyclic) bond motifs is 1. The number of aromatic hydroxyl groups is 1. The molecule has 6 rings (SSSR count). The first-order valence-corrected chi connectivity index (χ1v) is 13.5. The molecule has 0 aliphatic carbocycles. The summed E-state index contributed by atoms with van der Waals surface area (Å²) >= 11 is 0. The molecule has 0 unspecified atom stereocenters. The van der Waals surface area contributed by atoms with Crippen LogP contribution in [0.1, 0.15) is 27.2 Å². The highest BCUT2D eigenvalue weighted by molar-refractivity contribution is 5.95. The van der Waals surface area contributed by atoms with Crippen LogP contribution in [0.5, 0.6) is 5.75 Å². The number of aromatic nitrogens is 2. The lowest BCUT2D eigenvalue weighted by Crippen LogP contribution is -2.36. The molecule has 0 saturated carbocycles. The molecule has 1 amide bonds. The standard InChI is InChI=1S/C31H33N5O3.3ClH/c37-30-9-7-25(17-27(30)19-34-12-14-39-15-13-34)31(38)36-11-10-35(21-28-18-32-22-33-28)29-8-6-24(16-26(29)20-36)23-4-2-1-3-5-23;;;/h1-9,16-18,22,37H,10-15,19-21H2,(H,32,33);3*1H. The van der Waals surface area contributed by atoms with E-state index >= 15 is 0 Å². The Labute approximate surface area is 264 Å². The molecule has 42 heavy (non-hydrogen) atoms. The summed E-state index contributed by atoms with van der Waals surface area (Å²) in [6, 6.07) is 22.1. The van der Waals surface area contributed by atoms with Gasteiger partial charge in [-0.15, -0.1) is 37.2 Å². The number of hydrogen-bond donors (Lipinski definition) is 2. The predicted octanol–water partition coefficient (Wildman–Crippen LogP) is 5.54. The zero-order chi connectivity index (χ0) is 26.6. The van der Waals surface area contributed by atoms with Crippen molar-refractivity contribution in [2.75, 3.05) is 44.3 Å². The first kappa shape index (κ1) is 33.2. The first-order valence-electron chi connectivity index (χ1n) is 13.5. The van der Waals surface area contributed by atoms with Crippen molar-refractivity contribution in [2.45, 2.75) is 19.6 Å². The van der Waals surface area contributed by atoms with E-state index in [0.717, 1.165) is 46.7 Å². The van der Waals surface area contributed by atoms with Crippen molar-refractivity contribution in [2.24, 2.45) is 0 Å². The van der Waals surface area contributed by atoms with Crippen molar-refractivity contribution in [3.05, 3.63) is 102 Å². The molecule has 1 saturated heterocycles. The zero-order valence-corrected chi connectivity index (χ0v) is 25.6. The van der Waals surface area contributed by atoms with Crippen molar-refractivity contribution in [1.29, 1.82) is 0 Å². The third kappa shape index (κ3) is 7.56. The maximum Gasteiger partial charge on any atom is 0.254 e. The van der Waals surface area contributed by atoms with Gasteiger partial charge in [-0.25, -0.2) is 4.98 Å². The van der Waals surface area contributed by atoms with Gasteiger partial charge in [-0.1, -0.05) is 36.4 Å². The Morgan fingerprint density at radius 2 is 1.67 bits per heavy atom. The molecule has 2 aliphatic rings. The minimum absolute atomic E-state index is 0. The second-order valence-corrected chi connectivity index (χ2v) is 10.2. The number of carbonyl (C=O) groups excluding carboxylic acids is 1. The number of nitrogens with zero attached hydrogens (tertiary/aromatic N) is 4. The average Bonchev–Trinajstić information content (AvgIpc) is 3.42. The van der Waals surface area contributed by atoms with Gasteiger partial charge in [0, 0.05) is 62.3 Å². The van der Waals surface area contributed by atoms with E-state index < -0.39 is 0 Å². The minimum Gasteiger partial charge on any atom is -0.508 e. The number of halogens is 3. The fraction of sp³-hybridized carbons (Fsp3) is 0.290. The first-order chi connectivity index (χ1) is 19.1. The van der Waals surface area contributed by atoms with E-state index in [-0.39, 0.29) is 48.9 Å². The number of ether oxygens (including phenoxy) is 1. The van der Waals surface area contributed by atoms with Crippen LogP contribution in [0.15, 0.2) is 79.3 Å². The summed E-state index contributed by atoms with van der Waals surface area (Å²) in [5.41, 5.74) is 6.90. The number of benzene rings is 3. The fourth-order valence-corrected chi connectivity index (χ4v) is 5.42. The van der Waals surface area contributed by atoms with E-state index in [1.807, 2.05) is 35.4 Å². The zero-order valence-electron chi connectivity index (χ0n) is 23.1. The highest BCUT2D eigenvalue weighted by Gasteiger charge is 2.25.